The van der Waals surface area contributed by atoms with Crippen LogP contribution in [0.1, 0.15) is 0 Å². The summed E-state index contributed by atoms with van der Waals surface area (Å²) >= 11 is 1.91. The molecule has 3 rings (SSSR count). The monoisotopic (exact) mass is 206 g/mol. The molecule has 4 heteroatoms. The average molecular weight is 206 g/mol. The third-order valence-corrected chi connectivity index (χ3v) is 3.27. The van der Waals surface area contributed by atoms with Gasteiger partial charge in [0.05, 0.1) is 5.88 Å². The molecule has 0 atom stereocenters. The predicted molar refractivity (Wildman–Crippen MR) is 58.7 cm³/mol. The Kier molecular flexibility index (Phi) is 1.87. The number of rotatable bonds is 1. The van der Waals surface area contributed by atoms with E-state index in [1.807, 2.05) is 36.0 Å². The Morgan fingerprint density at radius 1 is 1.36 bits per heavy atom. The van der Waals surface area contributed by atoms with Crippen molar-refractivity contribution in [3.8, 4) is 0 Å². The Balaban J connectivity index is 2.05. The van der Waals surface area contributed by atoms with Gasteiger partial charge < -0.3 is 9.32 Å². The van der Waals surface area contributed by atoms with Crippen molar-refractivity contribution >= 4 is 28.9 Å². The maximum Gasteiger partial charge on any atom is 0.299 e. The first-order chi connectivity index (χ1) is 6.93. The van der Waals surface area contributed by atoms with Crippen LogP contribution in [0.3, 0.4) is 0 Å². The molecule has 0 unspecified atom stereocenters. The molecule has 2 aromatic rings. The highest BCUT2D eigenvalue weighted by Gasteiger charge is 2.17. The Morgan fingerprint density at radius 3 is 3.07 bits per heavy atom. The van der Waals surface area contributed by atoms with E-state index in [-0.39, 0.29) is 0 Å². The molecule has 0 N–H and O–H groups in total. The molecule has 72 valence electrons. The van der Waals surface area contributed by atoms with Gasteiger partial charge in [0.2, 0.25) is 0 Å². The molecular formula is C10H10N2OS. The van der Waals surface area contributed by atoms with Gasteiger partial charge in [0.15, 0.2) is 5.58 Å². The molecule has 1 saturated heterocycles. The smallest absolute Gasteiger partial charge is 0.299 e. The summed E-state index contributed by atoms with van der Waals surface area (Å²) in [5.74, 6) is 2.16. The number of anilines is 1. The lowest BCUT2D eigenvalue weighted by Gasteiger charge is -2.09. The van der Waals surface area contributed by atoms with E-state index in [9.17, 15) is 0 Å². The van der Waals surface area contributed by atoms with Crippen LogP contribution in [0, 0.1) is 0 Å². The minimum atomic E-state index is 0.760. The fourth-order valence-electron chi connectivity index (χ4n) is 1.56. The summed E-state index contributed by atoms with van der Waals surface area (Å²) < 4.78 is 5.65. The van der Waals surface area contributed by atoms with Crippen molar-refractivity contribution in [1.82, 2.24) is 4.98 Å². The lowest BCUT2D eigenvalue weighted by atomic mass is 10.3. The summed E-state index contributed by atoms with van der Waals surface area (Å²) in [6, 6.07) is 8.64. The lowest BCUT2D eigenvalue weighted by molar-refractivity contribution is 0.588. The van der Waals surface area contributed by atoms with E-state index in [0.29, 0.717) is 0 Å². The number of benzene rings is 1. The summed E-state index contributed by atoms with van der Waals surface area (Å²) in [4.78, 5) is 6.61. The van der Waals surface area contributed by atoms with Crippen molar-refractivity contribution < 1.29 is 4.42 Å². The second kappa shape index (κ2) is 3.20. The quantitative estimate of drug-likeness (QED) is 0.716. The van der Waals surface area contributed by atoms with Gasteiger partial charge in [-0.05, 0) is 12.1 Å². The van der Waals surface area contributed by atoms with Gasteiger partial charge in [-0.25, -0.2) is 0 Å². The fraction of sp³-hybridized carbons (Fsp3) is 0.300. The van der Waals surface area contributed by atoms with Crippen LogP contribution in [0.25, 0.3) is 11.1 Å². The van der Waals surface area contributed by atoms with Crippen LogP contribution < -0.4 is 4.90 Å². The van der Waals surface area contributed by atoms with Crippen molar-refractivity contribution in [3.63, 3.8) is 0 Å². The molecule has 0 amide bonds. The number of fused-ring (bicyclic) bond motifs is 1. The maximum absolute atomic E-state index is 5.65. The molecule has 0 bridgehead atoms. The molecule has 1 aromatic heterocycles. The second-order valence-corrected chi connectivity index (χ2v) is 4.34. The van der Waals surface area contributed by atoms with E-state index in [1.165, 1.54) is 5.75 Å². The topological polar surface area (TPSA) is 29.3 Å². The van der Waals surface area contributed by atoms with Crippen molar-refractivity contribution in [2.75, 3.05) is 23.1 Å². The number of oxazole rings is 1. The van der Waals surface area contributed by atoms with Crippen LogP contribution in [-0.4, -0.2) is 23.2 Å². The van der Waals surface area contributed by atoms with Crippen LogP contribution in [0.5, 0.6) is 0 Å². The Bertz CT molecular complexity index is 415. The van der Waals surface area contributed by atoms with Crippen LogP contribution in [0.4, 0.5) is 6.01 Å². The van der Waals surface area contributed by atoms with E-state index in [1.54, 1.807) is 0 Å². The van der Waals surface area contributed by atoms with Crippen molar-refractivity contribution in [2.24, 2.45) is 0 Å². The number of thioether (sulfide) groups is 1. The van der Waals surface area contributed by atoms with Gasteiger partial charge in [-0.15, -0.1) is 11.8 Å². The third-order valence-electron chi connectivity index (χ3n) is 2.31. The van der Waals surface area contributed by atoms with E-state index < -0.39 is 0 Å². The van der Waals surface area contributed by atoms with Gasteiger partial charge in [-0.1, -0.05) is 12.1 Å². The summed E-state index contributed by atoms with van der Waals surface area (Å²) in [5, 5.41) is 0. The zero-order valence-corrected chi connectivity index (χ0v) is 8.46. The molecule has 0 saturated carbocycles. The van der Waals surface area contributed by atoms with Gasteiger partial charge in [0.1, 0.15) is 5.52 Å². The summed E-state index contributed by atoms with van der Waals surface area (Å²) in [6.45, 7) is 1.04. The Morgan fingerprint density at radius 2 is 2.29 bits per heavy atom. The number of hydrogen-bond donors (Lipinski definition) is 0. The molecule has 3 nitrogen and oxygen atoms in total. The van der Waals surface area contributed by atoms with Crippen LogP contribution in [0.15, 0.2) is 28.7 Å². The maximum atomic E-state index is 5.65. The largest absolute Gasteiger partial charge is 0.423 e. The first-order valence-electron chi connectivity index (χ1n) is 4.62. The van der Waals surface area contributed by atoms with Crippen LogP contribution >= 0.6 is 11.8 Å². The van der Waals surface area contributed by atoms with E-state index in [0.717, 1.165) is 29.5 Å². The summed E-state index contributed by atoms with van der Waals surface area (Å²) in [7, 11) is 0. The molecule has 1 aromatic carbocycles. The van der Waals surface area contributed by atoms with E-state index in [4.69, 9.17) is 4.42 Å². The molecule has 0 spiro atoms. The predicted octanol–water partition coefficient (Wildman–Crippen LogP) is 2.34. The SMILES string of the molecule is c1ccc2oc(N3CCSC3)nc2c1. The number of hydrogen-bond acceptors (Lipinski definition) is 4. The number of nitrogens with zero attached hydrogens (tertiary/aromatic N) is 2. The standard InChI is InChI=1S/C10H10N2OS/c1-2-4-9-8(3-1)11-10(13-9)12-5-6-14-7-12/h1-4H,5-7H2. The highest BCUT2D eigenvalue weighted by molar-refractivity contribution is 7.99. The molecule has 1 fully saturated rings. The van der Waals surface area contributed by atoms with Gasteiger partial charge in [0.25, 0.3) is 6.01 Å². The van der Waals surface area contributed by atoms with Gasteiger partial charge in [-0.3, -0.25) is 0 Å². The van der Waals surface area contributed by atoms with Crippen LogP contribution in [0.2, 0.25) is 0 Å². The Labute approximate surface area is 86.1 Å². The van der Waals surface area contributed by atoms with Gasteiger partial charge in [-0.2, -0.15) is 4.98 Å². The fourth-order valence-corrected chi connectivity index (χ4v) is 2.50. The Hall–Kier alpha value is -1.16. The highest BCUT2D eigenvalue weighted by atomic mass is 32.2. The molecule has 14 heavy (non-hydrogen) atoms. The zero-order valence-electron chi connectivity index (χ0n) is 7.64. The van der Waals surface area contributed by atoms with Crippen molar-refractivity contribution in [3.05, 3.63) is 24.3 Å². The lowest BCUT2D eigenvalue weighted by Crippen LogP contribution is -2.17. The van der Waals surface area contributed by atoms with Crippen molar-refractivity contribution in [1.29, 1.82) is 0 Å². The summed E-state index contributed by atoms with van der Waals surface area (Å²) in [5.41, 5.74) is 1.82. The normalized spacial score (nSPS) is 16.7. The summed E-state index contributed by atoms with van der Waals surface area (Å²) in [6.07, 6.45) is 0. The van der Waals surface area contributed by atoms with E-state index in [2.05, 4.69) is 9.88 Å². The van der Waals surface area contributed by atoms with Crippen LogP contribution in [-0.2, 0) is 0 Å². The molecule has 0 aliphatic carbocycles. The molecule has 1 aliphatic rings. The molecule has 2 heterocycles. The highest BCUT2D eigenvalue weighted by Crippen LogP contribution is 2.25. The third kappa shape index (κ3) is 1.26. The minimum Gasteiger partial charge on any atom is -0.423 e. The van der Waals surface area contributed by atoms with Gasteiger partial charge in [0, 0.05) is 12.3 Å². The molecule has 0 radical (unpaired) electrons. The number of para-hydroxylation sites is 2. The average Bonchev–Trinajstić information content (AvgIpc) is 2.86. The number of aromatic nitrogens is 1. The van der Waals surface area contributed by atoms with Gasteiger partial charge >= 0.3 is 0 Å². The zero-order chi connectivity index (χ0) is 9.38. The second-order valence-electron chi connectivity index (χ2n) is 3.26. The van der Waals surface area contributed by atoms with Crippen molar-refractivity contribution in [2.45, 2.75) is 0 Å². The first-order valence-corrected chi connectivity index (χ1v) is 5.77. The molecular weight excluding hydrogens is 196 g/mol. The molecule has 1 aliphatic heterocycles. The first kappa shape index (κ1) is 8.17. The minimum absolute atomic E-state index is 0.760. The van der Waals surface area contributed by atoms with E-state index >= 15 is 0 Å².